The van der Waals surface area contributed by atoms with Gasteiger partial charge in [-0.2, -0.15) is 9.61 Å². The molecule has 2 aliphatic carbocycles. The summed E-state index contributed by atoms with van der Waals surface area (Å²) in [4.78, 5) is 19.6. The van der Waals surface area contributed by atoms with Crippen LogP contribution in [0.1, 0.15) is 59.3 Å². The topological polar surface area (TPSA) is 71.8 Å². The molecule has 1 amide bonds. The minimum absolute atomic E-state index is 0.0690. The number of halogens is 1. The fourth-order valence-electron chi connectivity index (χ4n) is 5.78. The molecule has 1 saturated carbocycles. The minimum atomic E-state index is 0.0690. The van der Waals surface area contributed by atoms with Gasteiger partial charge in [-0.15, -0.1) is 0 Å². The third-order valence-corrected chi connectivity index (χ3v) is 7.84. The molecular weight excluding hydrogens is 438 g/mol. The number of fused-ring (bicyclic) bond motifs is 3. The second-order valence-electron chi connectivity index (χ2n) is 9.46. The number of nitrogens with one attached hydrogen (secondary N) is 1. The van der Waals surface area contributed by atoms with Crippen LogP contribution < -0.4 is 5.32 Å². The Bertz CT molecular complexity index is 1190. The average molecular weight is 466 g/mol. The first-order valence-corrected chi connectivity index (χ1v) is 12.3. The zero-order chi connectivity index (χ0) is 22.4. The van der Waals surface area contributed by atoms with Gasteiger partial charge in [0.25, 0.3) is 5.91 Å². The van der Waals surface area contributed by atoms with E-state index < -0.39 is 0 Å². The summed E-state index contributed by atoms with van der Waals surface area (Å²) >= 11 is 6.45. The zero-order valence-corrected chi connectivity index (χ0v) is 19.4. The number of morpholine rings is 1. The van der Waals surface area contributed by atoms with E-state index >= 15 is 0 Å². The molecule has 1 N–H and O–H groups in total. The van der Waals surface area contributed by atoms with Crippen LogP contribution in [0.4, 0.5) is 5.82 Å². The Labute approximate surface area is 198 Å². The highest BCUT2D eigenvalue weighted by atomic mass is 35.5. The third kappa shape index (κ3) is 3.58. The number of benzene rings is 1. The number of ether oxygens (including phenoxy) is 1. The second kappa shape index (κ2) is 8.29. The lowest BCUT2D eigenvalue weighted by atomic mass is 9.83. The number of carbonyl (C=O) groups excluding carboxylic acids is 1. The largest absolute Gasteiger partial charge is 0.378 e. The number of rotatable bonds is 4. The number of carbonyl (C=O) groups is 1. The summed E-state index contributed by atoms with van der Waals surface area (Å²) in [5, 5.41) is 8.73. The van der Waals surface area contributed by atoms with Crippen molar-refractivity contribution in [1.82, 2.24) is 19.5 Å². The Morgan fingerprint density at radius 2 is 1.88 bits per heavy atom. The van der Waals surface area contributed by atoms with E-state index in [0.29, 0.717) is 37.9 Å². The van der Waals surface area contributed by atoms with Crippen molar-refractivity contribution in [3.8, 4) is 0 Å². The van der Waals surface area contributed by atoms with Crippen molar-refractivity contribution in [2.75, 3.05) is 31.6 Å². The quantitative estimate of drug-likeness (QED) is 0.624. The molecule has 1 spiro atoms. The fraction of sp³-hybridized carbons (Fsp3) is 0.480. The molecule has 8 heteroatoms. The average Bonchev–Trinajstić information content (AvgIpc) is 3.58. The van der Waals surface area contributed by atoms with Crippen LogP contribution in [0.15, 0.2) is 30.5 Å². The van der Waals surface area contributed by atoms with E-state index in [1.807, 2.05) is 33.7 Å². The van der Waals surface area contributed by atoms with E-state index in [4.69, 9.17) is 21.3 Å². The van der Waals surface area contributed by atoms with E-state index in [2.05, 4.69) is 10.4 Å². The molecule has 2 aromatic heterocycles. The number of hydrogen-bond donors (Lipinski definition) is 1. The molecule has 1 aromatic carbocycles. The zero-order valence-electron chi connectivity index (χ0n) is 18.6. The van der Waals surface area contributed by atoms with Gasteiger partial charge in [-0.3, -0.25) is 4.79 Å². The van der Waals surface area contributed by atoms with Gasteiger partial charge in [0.2, 0.25) is 0 Å². The van der Waals surface area contributed by atoms with E-state index in [1.165, 1.54) is 36.9 Å². The monoisotopic (exact) mass is 465 g/mol. The van der Waals surface area contributed by atoms with Gasteiger partial charge >= 0.3 is 0 Å². The first-order chi connectivity index (χ1) is 16.1. The number of aromatic nitrogens is 3. The molecule has 0 radical (unpaired) electrons. The first kappa shape index (κ1) is 20.9. The van der Waals surface area contributed by atoms with Crippen molar-refractivity contribution < 1.29 is 9.53 Å². The maximum Gasteiger partial charge on any atom is 0.254 e. The lowest BCUT2D eigenvalue weighted by Crippen LogP contribution is -2.40. The first-order valence-electron chi connectivity index (χ1n) is 11.9. The van der Waals surface area contributed by atoms with Crippen LogP contribution in [0.3, 0.4) is 0 Å². The summed E-state index contributed by atoms with van der Waals surface area (Å²) in [6.07, 6.45) is 8.84. The Morgan fingerprint density at radius 3 is 2.64 bits per heavy atom. The van der Waals surface area contributed by atoms with Gasteiger partial charge in [-0.05, 0) is 43.4 Å². The molecule has 3 aromatic rings. The highest BCUT2D eigenvalue weighted by Crippen LogP contribution is 2.51. The molecule has 0 bridgehead atoms. The van der Waals surface area contributed by atoms with Crippen molar-refractivity contribution in [2.45, 2.75) is 50.5 Å². The number of amides is 1. The van der Waals surface area contributed by atoms with Crippen LogP contribution in [0.5, 0.6) is 0 Å². The van der Waals surface area contributed by atoms with E-state index in [-0.39, 0.29) is 11.3 Å². The predicted octanol–water partition coefficient (Wildman–Crippen LogP) is 4.23. The number of hydrogen-bond acceptors (Lipinski definition) is 5. The van der Waals surface area contributed by atoms with Gasteiger partial charge in [-0.25, -0.2) is 4.98 Å². The van der Waals surface area contributed by atoms with Crippen LogP contribution in [0.2, 0.25) is 5.02 Å². The van der Waals surface area contributed by atoms with Crippen LogP contribution in [0.25, 0.3) is 5.65 Å². The Balaban J connectivity index is 1.25. The molecule has 33 heavy (non-hydrogen) atoms. The number of anilines is 1. The SMILES string of the molecule is O=C(c1ccc(CNc2c3c(nc4c(Cl)cnn24)C2(CCCC2)CC3)cc1)N1CCOCC1. The molecule has 2 fully saturated rings. The molecule has 3 heterocycles. The molecule has 1 aliphatic heterocycles. The maximum atomic E-state index is 12.7. The molecule has 7 nitrogen and oxygen atoms in total. The second-order valence-corrected chi connectivity index (χ2v) is 9.87. The normalized spacial score (nSPS) is 19.4. The van der Waals surface area contributed by atoms with Crippen molar-refractivity contribution >= 4 is 29.0 Å². The molecule has 1 saturated heterocycles. The van der Waals surface area contributed by atoms with Crippen molar-refractivity contribution in [2.24, 2.45) is 0 Å². The lowest BCUT2D eigenvalue weighted by molar-refractivity contribution is 0.0303. The minimum Gasteiger partial charge on any atom is -0.378 e. The van der Waals surface area contributed by atoms with Gasteiger partial charge < -0.3 is 15.0 Å². The molecule has 6 rings (SSSR count). The summed E-state index contributed by atoms with van der Waals surface area (Å²) < 4.78 is 7.20. The Hall–Kier alpha value is -2.64. The van der Waals surface area contributed by atoms with Crippen molar-refractivity contribution in [3.63, 3.8) is 0 Å². The van der Waals surface area contributed by atoms with Crippen LogP contribution >= 0.6 is 11.6 Å². The summed E-state index contributed by atoms with van der Waals surface area (Å²) in [6, 6.07) is 7.88. The molecule has 0 atom stereocenters. The predicted molar refractivity (Wildman–Crippen MR) is 127 cm³/mol. The molecule has 0 unspecified atom stereocenters. The fourth-order valence-corrected chi connectivity index (χ4v) is 5.94. The van der Waals surface area contributed by atoms with Gasteiger partial charge in [0.15, 0.2) is 5.65 Å². The van der Waals surface area contributed by atoms with E-state index in [9.17, 15) is 4.79 Å². The van der Waals surface area contributed by atoms with Crippen molar-refractivity contribution in [1.29, 1.82) is 0 Å². The summed E-state index contributed by atoms with van der Waals surface area (Å²) in [5.74, 6) is 1.07. The van der Waals surface area contributed by atoms with Crippen LogP contribution in [0, 0.1) is 0 Å². The summed E-state index contributed by atoms with van der Waals surface area (Å²) in [6.45, 7) is 3.16. The Morgan fingerprint density at radius 1 is 1.12 bits per heavy atom. The van der Waals surface area contributed by atoms with Crippen LogP contribution in [-0.2, 0) is 23.1 Å². The highest BCUT2D eigenvalue weighted by molar-refractivity contribution is 6.33. The summed E-state index contributed by atoms with van der Waals surface area (Å²) in [5.41, 5.74) is 5.28. The van der Waals surface area contributed by atoms with Crippen LogP contribution in [-0.4, -0.2) is 51.7 Å². The third-order valence-electron chi connectivity index (χ3n) is 7.58. The standard InChI is InChI=1S/C25H28ClN5O2/c26-20-16-28-31-22(19-7-10-25(8-1-2-9-25)21(19)29-23(20)31)27-15-17-3-5-18(6-4-17)24(32)30-11-13-33-14-12-30/h3-6,16,27H,1-2,7-15H2. The van der Waals surface area contributed by atoms with Gasteiger partial charge in [-0.1, -0.05) is 36.6 Å². The molecule has 172 valence electrons. The molecule has 3 aliphatic rings. The molecular formula is C25H28ClN5O2. The maximum absolute atomic E-state index is 12.7. The van der Waals surface area contributed by atoms with Crippen molar-refractivity contribution in [3.05, 3.63) is 57.9 Å². The van der Waals surface area contributed by atoms with E-state index in [1.54, 1.807) is 6.20 Å². The highest BCUT2D eigenvalue weighted by Gasteiger charge is 2.44. The summed E-state index contributed by atoms with van der Waals surface area (Å²) in [7, 11) is 0. The van der Waals surface area contributed by atoms with E-state index in [0.717, 1.165) is 35.4 Å². The number of nitrogens with zero attached hydrogens (tertiary/aromatic N) is 4. The van der Waals surface area contributed by atoms with Gasteiger partial charge in [0, 0.05) is 36.2 Å². The lowest BCUT2D eigenvalue weighted by Gasteiger charge is -2.26. The van der Waals surface area contributed by atoms with Gasteiger partial charge in [0.05, 0.1) is 25.1 Å². The van der Waals surface area contributed by atoms with Gasteiger partial charge in [0.1, 0.15) is 10.8 Å². The Kier molecular flexibility index (Phi) is 5.26. The smallest absolute Gasteiger partial charge is 0.254 e.